The molecule has 1 saturated heterocycles. The quantitative estimate of drug-likeness (QED) is 0.804. The molecule has 1 aliphatic heterocycles. The van der Waals surface area contributed by atoms with Gasteiger partial charge in [-0.25, -0.2) is 4.79 Å². The van der Waals surface area contributed by atoms with Crippen LogP contribution in [-0.4, -0.2) is 11.9 Å². The molecule has 96 valence electrons. The lowest BCUT2D eigenvalue weighted by atomic mass is 9.86. The molecule has 1 aromatic carbocycles. The van der Waals surface area contributed by atoms with E-state index < -0.39 is 11.6 Å². The Labute approximate surface area is 107 Å². The number of nitrogens with one attached hydrogen (secondary N) is 2. The maximum atomic E-state index is 12.0. The average molecular weight is 246 g/mol. The molecule has 1 fully saturated rings. The average Bonchev–Trinajstić information content (AvgIpc) is 2.65. The summed E-state index contributed by atoms with van der Waals surface area (Å²) >= 11 is 0. The number of carbonyl (C=O) groups excluding carboxylic acids is 2. The molecular formula is C14H18N2O2. The second kappa shape index (κ2) is 4.44. The van der Waals surface area contributed by atoms with Gasteiger partial charge in [0.05, 0.1) is 0 Å². The van der Waals surface area contributed by atoms with Crippen molar-refractivity contribution in [2.75, 3.05) is 0 Å². The number of benzene rings is 1. The van der Waals surface area contributed by atoms with E-state index in [0.29, 0.717) is 12.3 Å². The van der Waals surface area contributed by atoms with Crippen molar-refractivity contribution in [1.82, 2.24) is 10.6 Å². The van der Waals surface area contributed by atoms with Crippen LogP contribution in [-0.2, 0) is 10.3 Å². The Hall–Kier alpha value is -1.84. The van der Waals surface area contributed by atoms with Gasteiger partial charge in [-0.3, -0.25) is 10.1 Å². The first-order valence-electron chi connectivity index (χ1n) is 6.23. The van der Waals surface area contributed by atoms with Gasteiger partial charge in [0.25, 0.3) is 5.91 Å². The summed E-state index contributed by atoms with van der Waals surface area (Å²) in [4.78, 5) is 23.3. The lowest BCUT2D eigenvalue weighted by Crippen LogP contribution is -2.43. The minimum atomic E-state index is -0.910. The van der Waals surface area contributed by atoms with Crippen LogP contribution < -0.4 is 10.6 Å². The molecule has 1 aliphatic rings. The molecule has 0 radical (unpaired) electrons. The Morgan fingerprint density at radius 2 is 1.78 bits per heavy atom. The summed E-state index contributed by atoms with van der Waals surface area (Å²) in [6.07, 6.45) is 0.533. The summed E-state index contributed by atoms with van der Waals surface area (Å²) in [6, 6.07) is 7.44. The van der Waals surface area contributed by atoms with E-state index in [0.717, 1.165) is 5.56 Å². The number of hydrogen-bond acceptors (Lipinski definition) is 2. The summed E-state index contributed by atoms with van der Waals surface area (Å²) < 4.78 is 0. The topological polar surface area (TPSA) is 58.2 Å². The van der Waals surface area contributed by atoms with Gasteiger partial charge in [0.2, 0.25) is 0 Å². The minimum absolute atomic E-state index is 0.271. The van der Waals surface area contributed by atoms with Crippen molar-refractivity contribution in [2.45, 2.75) is 38.6 Å². The van der Waals surface area contributed by atoms with Crippen LogP contribution in [0.15, 0.2) is 24.3 Å². The summed E-state index contributed by atoms with van der Waals surface area (Å²) in [6.45, 7) is 6.13. The number of amides is 3. The molecule has 2 N–H and O–H groups in total. The van der Waals surface area contributed by atoms with Gasteiger partial charge < -0.3 is 5.32 Å². The molecule has 1 atom stereocenters. The second-order valence-electron chi connectivity index (χ2n) is 4.94. The molecular weight excluding hydrogens is 228 g/mol. The molecule has 0 unspecified atom stereocenters. The highest BCUT2D eigenvalue weighted by molar-refractivity contribution is 6.07. The van der Waals surface area contributed by atoms with Gasteiger partial charge in [0, 0.05) is 0 Å². The van der Waals surface area contributed by atoms with Crippen LogP contribution in [0.25, 0.3) is 0 Å². The molecule has 0 bridgehead atoms. The molecule has 4 heteroatoms. The molecule has 2 rings (SSSR count). The molecule has 0 saturated carbocycles. The fraction of sp³-hybridized carbons (Fsp3) is 0.429. The van der Waals surface area contributed by atoms with Crippen LogP contribution in [0.2, 0.25) is 0 Å². The van der Waals surface area contributed by atoms with Crippen LogP contribution in [0.1, 0.15) is 44.2 Å². The monoisotopic (exact) mass is 246 g/mol. The third kappa shape index (κ3) is 1.88. The zero-order valence-corrected chi connectivity index (χ0v) is 10.9. The Balaban J connectivity index is 2.39. The zero-order chi connectivity index (χ0) is 13.3. The van der Waals surface area contributed by atoms with Gasteiger partial charge in [-0.2, -0.15) is 0 Å². The first-order valence-corrected chi connectivity index (χ1v) is 6.23. The lowest BCUT2D eigenvalue weighted by molar-refractivity contribution is -0.124. The van der Waals surface area contributed by atoms with Crippen molar-refractivity contribution < 1.29 is 9.59 Å². The van der Waals surface area contributed by atoms with E-state index in [4.69, 9.17) is 0 Å². The van der Waals surface area contributed by atoms with Gasteiger partial charge in [0.15, 0.2) is 0 Å². The van der Waals surface area contributed by atoms with E-state index in [1.54, 1.807) is 0 Å². The number of rotatable bonds is 3. The number of urea groups is 1. The van der Waals surface area contributed by atoms with E-state index in [2.05, 4.69) is 24.5 Å². The van der Waals surface area contributed by atoms with Gasteiger partial charge in [-0.1, -0.05) is 45.0 Å². The standard InChI is InChI=1S/C14H18N2O2/c1-4-14(12(17)15-13(18)16-14)11-7-5-10(6-8-11)9(2)3/h5-9H,4H2,1-3H3,(H2,15,16,17,18)/t14-/m0/s1. The molecule has 1 aromatic rings. The highest BCUT2D eigenvalue weighted by atomic mass is 16.2. The SMILES string of the molecule is CC[C@@]1(c2ccc(C(C)C)cc2)NC(=O)NC1=O. The predicted octanol–water partition coefficient (Wildman–Crippen LogP) is 2.25. The van der Waals surface area contributed by atoms with Crippen LogP contribution in [0.5, 0.6) is 0 Å². The van der Waals surface area contributed by atoms with Crippen molar-refractivity contribution in [3.63, 3.8) is 0 Å². The van der Waals surface area contributed by atoms with Gasteiger partial charge in [0.1, 0.15) is 5.54 Å². The third-order valence-corrected chi connectivity index (χ3v) is 3.54. The van der Waals surface area contributed by atoms with Gasteiger partial charge in [-0.15, -0.1) is 0 Å². The van der Waals surface area contributed by atoms with Crippen molar-refractivity contribution >= 4 is 11.9 Å². The Morgan fingerprint density at radius 3 is 2.17 bits per heavy atom. The highest BCUT2D eigenvalue weighted by Gasteiger charge is 2.46. The van der Waals surface area contributed by atoms with Crippen LogP contribution in [0.3, 0.4) is 0 Å². The number of hydrogen-bond donors (Lipinski definition) is 2. The predicted molar refractivity (Wildman–Crippen MR) is 69.2 cm³/mol. The van der Waals surface area contributed by atoms with E-state index in [9.17, 15) is 9.59 Å². The van der Waals surface area contributed by atoms with E-state index in [1.165, 1.54) is 5.56 Å². The molecule has 1 heterocycles. The van der Waals surface area contributed by atoms with Crippen LogP contribution >= 0.6 is 0 Å². The van der Waals surface area contributed by atoms with Gasteiger partial charge in [-0.05, 0) is 23.5 Å². The van der Waals surface area contributed by atoms with Crippen LogP contribution in [0.4, 0.5) is 4.79 Å². The summed E-state index contributed by atoms with van der Waals surface area (Å²) in [7, 11) is 0. The molecule has 0 aliphatic carbocycles. The van der Waals surface area contributed by atoms with Crippen molar-refractivity contribution in [3.8, 4) is 0 Å². The summed E-state index contributed by atoms with van der Waals surface area (Å²) in [5.41, 5.74) is 1.14. The van der Waals surface area contributed by atoms with Crippen molar-refractivity contribution in [3.05, 3.63) is 35.4 Å². The molecule has 4 nitrogen and oxygen atoms in total. The zero-order valence-electron chi connectivity index (χ0n) is 10.9. The number of carbonyl (C=O) groups is 2. The molecule has 0 aromatic heterocycles. The lowest BCUT2D eigenvalue weighted by Gasteiger charge is -2.25. The molecule has 3 amide bonds. The largest absolute Gasteiger partial charge is 0.322 e. The maximum absolute atomic E-state index is 12.0. The van der Waals surface area contributed by atoms with Crippen molar-refractivity contribution in [2.24, 2.45) is 0 Å². The Kier molecular flexibility index (Phi) is 3.11. The number of imide groups is 1. The minimum Gasteiger partial charge on any atom is -0.319 e. The van der Waals surface area contributed by atoms with E-state index >= 15 is 0 Å². The second-order valence-corrected chi connectivity index (χ2v) is 4.94. The Bertz CT molecular complexity index is 479. The van der Waals surface area contributed by atoms with E-state index in [-0.39, 0.29) is 5.91 Å². The first kappa shape index (κ1) is 12.6. The summed E-state index contributed by atoms with van der Waals surface area (Å²) in [5, 5.41) is 5.04. The first-order chi connectivity index (χ1) is 8.49. The smallest absolute Gasteiger partial charge is 0.319 e. The van der Waals surface area contributed by atoms with Crippen molar-refractivity contribution in [1.29, 1.82) is 0 Å². The summed E-state index contributed by atoms with van der Waals surface area (Å²) in [5.74, 6) is 0.177. The fourth-order valence-corrected chi connectivity index (χ4v) is 2.30. The maximum Gasteiger partial charge on any atom is 0.322 e. The normalized spacial score (nSPS) is 23.1. The van der Waals surface area contributed by atoms with Gasteiger partial charge >= 0.3 is 6.03 Å². The fourth-order valence-electron chi connectivity index (χ4n) is 2.30. The highest BCUT2D eigenvalue weighted by Crippen LogP contribution is 2.29. The molecule has 18 heavy (non-hydrogen) atoms. The molecule has 0 spiro atoms. The Morgan fingerprint density at radius 1 is 1.17 bits per heavy atom. The third-order valence-electron chi connectivity index (χ3n) is 3.54. The van der Waals surface area contributed by atoms with Crippen LogP contribution in [0, 0.1) is 0 Å². The van der Waals surface area contributed by atoms with E-state index in [1.807, 2.05) is 31.2 Å².